The van der Waals surface area contributed by atoms with Crippen molar-refractivity contribution in [3.63, 3.8) is 0 Å². The maximum atomic E-state index is 8.86. The van der Waals surface area contributed by atoms with Crippen molar-refractivity contribution in [2.45, 2.75) is 39.0 Å². The van der Waals surface area contributed by atoms with Crippen LogP contribution in [-0.4, -0.2) is 34.8 Å². The van der Waals surface area contributed by atoms with Crippen LogP contribution in [0.5, 0.6) is 0 Å². The first-order chi connectivity index (χ1) is 9.13. The van der Waals surface area contributed by atoms with E-state index in [1.165, 1.54) is 6.42 Å². The molecule has 0 amide bonds. The summed E-state index contributed by atoms with van der Waals surface area (Å²) >= 11 is 5.80. The smallest absolute Gasteiger partial charge is 0.225 e. The first-order valence-electron chi connectivity index (χ1n) is 6.96. The fourth-order valence-electron chi connectivity index (χ4n) is 2.63. The molecule has 0 unspecified atom stereocenters. The Hall–Kier alpha value is -0.870. The van der Waals surface area contributed by atoms with Crippen LogP contribution in [0.3, 0.4) is 0 Å². The van der Waals surface area contributed by atoms with Crippen molar-refractivity contribution in [1.29, 1.82) is 0 Å². The second kappa shape index (κ2) is 6.53. The lowest BCUT2D eigenvalue weighted by atomic mass is 9.76. The minimum absolute atomic E-state index is 0.306. The third kappa shape index (κ3) is 4.05. The Bertz CT molecular complexity index is 388. The van der Waals surface area contributed by atoms with Gasteiger partial charge in [-0.05, 0) is 31.1 Å². The molecule has 0 aromatic carbocycles. The van der Waals surface area contributed by atoms with Crippen LogP contribution in [0.1, 0.15) is 39.0 Å². The Balaban J connectivity index is 1.86. The van der Waals surface area contributed by atoms with Crippen LogP contribution in [0, 0.1) is 5.41 Å². The largest absolute Gasteiger partial charge is 0.396 e. The van der Waals surface area contributed by atoms with E-state index in [9.17, 15) is 0 Å². The normalized spacial score (nSPS) is 18.6. The highest BCUT2D eigenvalue weighted by molar-refractivity contribution is 6.30. The van der Waals surface area contributed by atoms with Gasteiger partial charge >= 0.3 is 0 Å². The molecule has 0 bridgehead atoms. The number of anilines is 1. The van der Waals surface area contributed by atoms with E-state index in [1.807, 2.05) is 0 Å². The molecule has 1 N–H and O–H groups in total. The number of aliphatic hydroxyl groups is 1. The van der Waals surface area contributed by atoms with Gasteiger partial charge in [0.2, 0.25) is 5.95 Å². The zero-order valence-electron chi connectivity index (χ0n) is 11.5. The number of aromatic nitrogens is 2. The third-order valence-corrected chi connectivity index (χ3v) is 4.24. The number of unbranched alkanes of at least 4 members (excludes halogenated alkanes) is 1. The molecule has 1 saturated heterocycles. The highest BCUT2D eigenvalue weighted by Gasteiger charge is 2.30. The van der Waals surface area contributed by atoms with Crippen LogP contribution in [0.2, 0.25) is 5.02 Å². The summed E-state index contributed by atoms with van der Waals surface area (Å²) < 4.78 is 0. The number of rotatable bonds is 5. The first-order valence-corrected chi connectivity index (χ1v) is 7.34. The van der Waals surface area contributed by atoms with Gasteiger partial charge in [0.25, 0.3) is 0 Å². The van der Waals surface area contributed by atoms with Gasteiger partial charge < -0.3 is 10.0 Å². The Kier molecular flexibility index (Phi) is 4.99. The maximum Gasteiger partial charge on any atom is 0.225 e. The van der Waals surface area contributed by atoms with Crippen molar-refractivity contribution in [2.75, 3.05) is 24.6 Å². The zero-order valence-corrected chi connectivity index (χ0v) is 12.2. The van der Waals surface area contributed by atoms with E-state index in [4.69, 9.17) is 16.7 Å². The first kappa shape index (κ1) is 14.5. The molecule has 0 saturated carbocycles. The van der Waals surface area contributed by atoms with Crippen molar-refractivity contribution < 1.29 is 5.11 Å². The number of hydrogen-bond acceptors (Lipinski definition) is 4. The molecule has 1 aliphatic heterocycles. The minimum atomic E-state index is 0.306. The van der Waals surface area contributed by atoms with Gasteiger partial charge in [-0.25, -0.2) is 9.97 Å². The van der Waals surface area contributed by atoms with E-state index in [0.29, 0.717) is 17.0 Å². The molecular formula is C14H22ClN3O. The fraction of sp³-hybridized carbons (Fsp3) is 0.714. The SMILES string of the molecule is CC1(CCCCO)CCN(c2ncc(Cl)cn2)CC1. The molecule has 4 nitrogen and oxygen atoms in total. The highest BCUT2D eigenvalue weighted by Crippen LogP contribution is 2.36. The van der Waals surface area contributed by atoms with Gasteiger partial charge in [-0.3, -0.25) is 0 Å². The number of hydrogen-bond donors (Lipinski definition) is 1. The summed E-state index contributed by atoms with van der Waals surface area (Å²) in [5, 5.41) is 9.44. The molecule has 5 heteroatoms. The van der Waals surface area contributed by atoms with Crippen LogP contribution in [0.25, 0.3) is 0 Å². The lowest BCUT2D eigenvalue weighted by Gasteiger charge is -2.39. The lowest BCUT2D eigenvalue weighted by molar-refractivity contribution is 0.207. The van der Waals surface area contributed by atoms with E-state index in [0.717, 1.165) is 44.7 Å². The Morgan fingerprint density at radius 2 is 1.89 bits per heavy atom. The molecule has 0 radical (unpaired) electrons. The van der Waals surface area contributed by atoms with Crippen molar-refractivity contribution in [3.05, 3.63) is 17.4 Å². The fourth-order valence-corrected chi connectivity index (χ4v) is 2.73. The van der Waals surface area contributed by atoms with Gasteiger partial charge in [0.15, 0.2) is 0 Å². The van der Waals surface area contributed by atoms with Gasteiger partial charge in [0, 0.05) is 19.7 Å². The standard InChI is InChI=1S/C14H22ClN3O/c1-14(4-2-3-9-19)5-7-18(8-6-14)13-16-10-12(15)11-17-13/h10-11,19H,2-9H2,1H3. The van der Waals surface area contributed by atoms with Crippen LogP contribution in [0.4, 0.5) is 5.95 Å². The Morgan fingerprint density at radius 3 is 2.47 bits per heavy atom. The molecule has 1 aromatic heterocycles. The second-order valence-corrected chi connectivity index (χ2v) is 6.12. The topological polar surface area (TPSA) is 49.2 Å². The molecule has 106 valence electrons. The van der Waals surface area contributed by atoms with E-state index in [1.54, 1.807) is 12.4 Å². The molecule has 0 spiro atoms. The predicted molar refractivity (Wildman–Crippen MR) is 77.5 cm³/mol. The molecule has 2 heterocycles. The zero-order chi connectivity index (χ0) is 13.7. The Labute approximate surface area is 119 Å². The highest BCUT2D eigenvalue weighted by atomic mass is 35.5. The molecule has 0 atom stereocenters. The monoisotopic (exact) mass is 283 g/mol. The molecular weight excluding hydrogens is 262 g/mol. The van der Waals surface area contributed by atoms with Crippen LogP contribution in [-0.2, 0) is 0 Å². The lowest BCUT2D eigenvalue weighted by Crippen LogP contribution is -2.39. The van der Waals surface area contributed by atoms with Gasteiger partial charge in [0.05, 0.1) is 17.4 Å². The number of halogens is 1. The maximum absolute atomic E-state index is 8.86. The van der Waals surface area contributed by atoms with Gasteiger partial charge in [-0.1, -0.05) is 24.9 Å². The van der Waals surface area contributed by atoms with Crippen molar-refractivity contribution in [3.8, 4) is 0 Å². The van der Waals surface area contributed by atoms with E-state index in [-0.39, 0.29) is 0 Å². The van der Waals surface area contributed by atoms with E-state index >= 15 is 0 Å². The Morgan fingerprint density at radius 1 is 1.26 bits per heavy atom. The number of nitrogens with zero attached hydrogens (tertiary/aromatic N) is 3. The van der Waals surface area contributed by atoms with Gasteiger partial charge in [-0.2, -0.15) is 0 Å². The summed E-state index contributed by atoms with van der Waals surface area (Å²) in [6.45, 7) is 4.65. The summed E-state index contributed by atoms with van der Waals surface area (Å²) in [5.74, 6) is 0.779. The second-order valence-electron chi connectivity index (χ2n) is 5.68. The van der Waals surface area contributed by atoms with Crippen molar-refractivity contribution in [2.24, 2.45) is 5.41 Å². The molecule has 1 aromatic rings. The number of piperidine rings is 1. The van der Waals surface area contributed by atoms with Crippen LogP contribution < -0.4 is 4.90 Å². The predicted octanol–water partition coefficient (Wildman–Crippen LogP) is 2.90. The summed E-state index contributed by atoms with van der Waals surface area (Å²) in [6, 6.07) is 0. The minimum Gasteiger partial charge on any atom is -0.396 e. The van der Waals surface area contributed by atoms with Crippen LogP contribution >= 0.6 is 11.6 Å². The molecule has 1 aliphatic rings. The van der Waals surface area contributed by atoms with E-state index in [2.05, 4.69) is 21.8 Å². The molecule has 1 fully saturated rings. The average Bonchev–Trinajstić information content (AvgIpc) is 2.41. The summed E-state index contributed by atoms with van der Waals surface area (Å²) in [7, 11) is 0. The summed E-state index contributed by atoms with van der Waals surface area (Å²) in [6.07, 6.45) is 8.85. The summed E-state index contributed by atoms with van der Waals surface area (Å²) in [4.78, 5) is 10.8. The molecule has 2 rings (SSSR count). The van der Waals surface area contributed by atoms with Crippen molar-refractivity contribution in [1.82, 2.24) is 9.97 Å². The molecule has 19 heavy (non-hydrogen) atoms. The summed E-state index contributed by atoms with van der Waals surface area (Å²) in [5.41, 5.74) is 0.401. The third-order valence-electron chi connectivity index (χ3n) is 4.05. The van der Waals surface area contributed by atoms with Crippen LogP contribution in [0.15, 0.2) is 12.4 Å². The van der Waals surface area contributed by atoms with E-state index < -0.39 is 0 Å². The quantitative estimate of drug-likeness (QED) is 0.844. The average molecular weight is 284 g/mol. The molecule has 0 aliphatic carbocycles. The number of aliphatic hydroxyl groups excluding tert-OH is 1. The van der Waals surface area contributed by atoms with Gasteiger partial charge in [-0.15, -0.1) is 0 Å². The van der Waals surface area contributed by atoms with Crippen molar-refractivity contribution >= 4 is 17.5 Å². The van der Waals surface area contributed by atoms with Gasteiger partial charge in [0.1, 0.15) is 0 Å².